The summed E-state index contributed by atoms with van der Waals surface area (Å²) in [6, 6.07) is 0. The number of ether oxygens (including phenoxy) is 2. The average molecular weight is 315 g/mol. The number of hydrogen-bond donors (Lipinski definition) is 1. The quantitative estimate of drug-likeness (QED) is 0.594. The molecular weight excluding hydrogens is 290 g/mol. The van der Waals surface area contributed by atoms with E-state index in [1.165, 1.54) is 6.92 Å². The van der Waals surface area contributed by atoms with Crippen molar-refractivity contribution in [3.05, 3.63) is 0 Å². The van der Waals surface area contributed by atoms with Crippen LogP contribution in [0.2, 0.25) is 0 Å². The molecule has 0 fully saturated rings. The number of carbonyl (C=O) groups is 4. The van der Waals surface area contributed by atoms with Crippen LogP contribution in [0.1, 0.15) is 54.4 Å². The summed E-state index contributed by atoms with van der Waals surface area (Å²) in [7, 11) is 0. The van der Waals surface area contributed by atoms with Crippen LogP contribution in [0.5, 0.6) is 0 Å². The van der Waals surface area contributed by atoms with E-state index >= 15 is 0 Å². The van der Waals surface area contributed by atoms with Gasteiger partial charge < -0.3 is 14.8 Å². The van der Waals surface area contributed by atoms with Gasteiger partial charge in [0, 0.05) is 6.54 Å². The van der Waals surface area contributed by atoms with Crippen molar-refractivity contribution in [2.45, 2.75) is 60.0 Å². The highest BCUT2D eigenvalue weighted by molar-refractivity contribution is 5.98. The van der Waals surface area contributed by atoms with Crippen LogP contribution in [0.25, 0.3) is 0 Å². The van der Waals surface area contributed by atoms with Crippen LogP contribution in [0, 0.1) is 5.41 Å². The van der Waals surface area contributed by atoms with E-state index < -0.39 is 35.5 Å². The largest absolute Gasteiger partial charge is 0.444 e. The molecule has 1 amide bonds. The lowest BCUT2D eigenvalue weighted by Crippen LogP contribution is -2.39. The lowest BCUT2D eigenvalue weighted by Gasteiger charge is -2.25. The van der Waals surface area contributed by atoms with Crippen molar-refractivity contribution in [3.8, 4) is 0 Å². The van der Waals surface area contributed by atoms with Crippen molar-refractivity contribution in [3.63, 3.8) is 0 Å². The maximum atomic E-state index is 11.6. The summed E-state index contributed by atoms with van der Waals surface area (Å²) in [5.41, 5.74) is -1.23. The van der Waals surface area contributed by atoms with Gasteiger partial charge in [-0.25, -0.2) is 4.79 Å². The summed E-state index contributed by atoms with van der Waals surface area (Å²) in [6.07, 6.45) is -1.09. The Hall–Kier alpha value is -1.92. The molecule has 0 aliphatic heterocycles. The molecule has 0 aliphatic rings. The van der Waals surface area contributed by atoms with E-state index in [9.17, 15) is 19.2 Å². The highest BCUT2D eigenvalue weighted by Crippen LogP contribution is 2.20. The Kier molecular flexibility index (Phi) is 7.22. The fraction of sp³-hybridized carbons (Fsp3) is 0.733. The van der Waals surface area contributed by atoms with Gasteiger partial charge in [0.25, 0.3) is 0 Å². The molecule has 0 aromatic rings. The number of ketones is 1. The molecule has 0 rings (SSSR count). The van der Waals surface area contributed by atoms with Crippen LogP contribution in [-0.2, 0) is 23.9 Å². The predicted octanol–water partition coefficient (Wildman–Crippen LogP) is 1.98. The van der Waals surface area contributed by atoms with Gasteiger partial charge in [-0.3, -0.25) is 14.4 Å². The molecule has 0 atom stereocenters. The van der Waals surface area contributed by atoms with Crippen molar-refractivity contribution in [2.75, 3.05) is 6.54 Å². The Labute approximate surface area is 130 Å². The highest BCUT2D eigenvalue weighted by atomic mass is 16.6. The van der Waals surface area contributed by atoms with Gasteiger partial charge in [0.05, 0.1) is 6.42 Å². The zero-order chi connectivity index (χ0) is 17.6. The average Bonchev–Trinajstić information content (AvgIpc) is 2.21. The SMILES string of the molecule is CC(=O)CC(=O)OC(=O)CC(C)(C)CNC(=O)OC(C)(C)C. The first kappa shape index (κ1) is 20.1. The molecule has 1 N–H and O–H groups in total. The first-order chi connectivity index (χ1) is 9.81. The van der Waals surface area contributed by atoms with Crippen molar-refractivity contribution in [1.29, 1.82) is 0 Å². The van der Waals surface area contributed by atoms with Crippen LogP contribution < -0.4 is 5.32 Å². The monoisotopic (exact) mass is 315 g/mol. The lowest BCUT2D eigenvalue weighted by molar-refractivity contribution is -0.161. The molecule has 7 nitrogen and oxygen atoms in total. The Bertz CT molecular complexity index is 447. The molecule has 0 saturated carbocycles. The second-order valence-electron chi connectivity index (χ2n) is 6.92. The van der Waals surface area contributed by atoms with Crippen LogP contribution in [0.3, 0.4) is 0 Å². The van der Waals surface area contributed by atoms with E-state index in [0.29, 0.717) is 0 Å². The second kappa shape index (κ2) is 7.91. The summed E-state index contributed by atoms with van der Waals surface area (Å²) in [4.78, 5) is 45.1. The number of nitrogens with one attached hydrogen (secondary N) is 1. The molecule has 0 bridgehead atoms. The standard InChI is InChI=1S/C15H25NO6/c1-10(17)7-11(18)21-12(19)8-15(5,6)9-16-13(20)22-14(2,3)4/h7-9H2,1-6H3,(H,16,20). The van der Waals surface area contributed by atoms with Gasteiger partial charge in [0.1, 0.15) is 17.8 Å². The van der Waals surface area contributed by atoms with E-state index in [4.69, 9.17) is 4.74 Å². The summed E-state index contributed by atoms with van der Waals surface area (Å²) >= 11 is 0. The number of amides is 1. The third-order valence-corrected chi connectivity index (χ3v) is 2.35. The zero-order valence-electron chi connectivity index (χ0n) is 14.1. The molecule has 7 heteroatoms. The topological polar surface area (TPSA) is 98.8 Å². The highest BCUT2D eigenvalue weighted by Gasteiger charge is 2.26. The van der Waals surface area contributed by atoms with Crippen LogP contribution in [-0.4, -0.2) is 36.0 Å². The molecule has 0 spiro atoms. The molecule has 0 radical (unpaired) electrons. The smallest absolute Gasteiger partial charge is 0.407 e. The molecule has 22 heavy (non-hydrogen) atoms. The Morgan fingerprint density at radius 2 is 1.50 bits per heavy atom. The first-order valence-electron chi connectivity index (χ1n) is 7.00. The van der Waals surface area contributed by atoms with Crippen LogP contribution in [0.15, 0.2) is 0 Å². The lowest BCUT2D eigenvalue weighted by atomic mass is 9.89. The molecule has 0 aromatic carbocycles. The molecule has 0 aliphatic carbocycles. The van der Waals surface area contributed by atoms with E-state index in [2.05, 4.69) is 10.1 Å². The van der Waals surface area contributed by atoms with Gasteiger partial charge in [-0.05, 0) is 33.1 Å². The van der Waals surface area contributed by atoms with Gasteiger partial charge in [-0.2, -0.15) is 0 Å². The van der Waals surface area contributed by atoms with Crippen molar-refractivity contribution < 1.29 is 28.7 Å². The van der Waals surface area contributed by atoms with E-state index in [-0.39, 0.29) is 18.7 Å². The van der Waals surface area contributed by atoms with Gasteiger partial charge in [0.15, 0.2) is 0 Å². The van der Waals surface area contributed by atoms with Gasteiger partial charge in [-0.15, -0.1) is 0 Å². The van der Waals surface area contributed by atoms with Gasteiger partial charge in [0.2, 0.25) is 0 Å². The molecule has 0 aromatic heterocycles. The summed E-state index contributed by atoms with van der Waals surface area (Å²) in [5, 5.41) is 2.56. The fourth-order valence-electron chi connectivity index (χ4n) is 1.48. The maximum absolute atomic E-state index is 11.6. The summed E-state index contributed by atoms with van der Waals surface area (Å²) in [5.74, 6) is -1.97. The van der Waals surface area contributed by atoms with Crippen LogP contribution in [0.4, 0.5) is 4.79 Å². The van der Waals surface area contributed by atoms with E-state index in [0.717, 1.165) is 0 Å². The van der Waals surface area contributed by atoms with Crippen molar-refractivity contribution >= 4 is 23.8 Å². The number of esters is 2. The Morgan fingerprint density at radius 3 is 1.95 bits per heavy atom. The van der Waals surface area contributed by atoms with E-state index in [1.807, 2.05) is 0 Å². The number of Topliss-reactive ketones (excluding diaryl/α,β-unsaturated/α-hetero) is 1. The minimum Gasteiger partial charge on any atom is -0.444 e. The Morgan fingerprint density at radius 1 is 0.955 bits per heavy atom. The molecule has 126 valence electrons. The summed E-state index contributed by atoms with van der Waals surface area (Å²) in [6.45, 7) is 10.1. The van der Waals surface area contributed by atoms with Gasteiger partial charge >= 0.3 is 18.0 Å². The second-order valence-corrected chi connectivity index (χ2v) is 6.92. The minimum absolute atomic E-state index is 0.0769. The first-order valence-corrected chi connectivity index (χ1v) is 7.00. The van der Waals surface area contributed by atoms with Crippen molar-refractivity contribution in [2.24, 2.45) is 5.41 Å². The summed E-state index contributed by atoms with van der Waals surface area (Å²) < 4.78 is 9.63. The third kappa shape index (κ3) is 10.8. The fourth-order valence-corrected chi connectivity index (χ4v) is 1.48. The Balaban J connectivity index is 4.28. The van der Waals surface area contributed by atoms with Crippen LogP contribution >= 0.6 is 0 Å². The molecule has 0 heterocycles. The zero-order valence-corrected chi connectivity index (χ0v) is 14.1. The van der Waals surface area contributed by atoms with Gasteiger partial charge in [-0.1, -0.05) is 13.8 Å². The molecule has 0 saturated heterocycles. The number of hydrogen-bond acceptors (Lipinski definition) is 6. The number of alkyl carbamates (subject to hydrolysis) is 1. The number of carbonyl (C=O) groups excluding carboxylic acids is 4. The third-order valence-electron chi connectivity index (χ3n) is 2.35. The molecule has 0 unspecified atom stereocenters. The maximum Gasteiger partial charge on any atom is 0.407 e. The molecular formula is C15H25NO6. The minimum atomic E-state index is -0.867. The van der Waals surface area contributed by atoms with E-state index in [1.54, 1.807) is 34.6 Å². The van der Waals surface area contributed by atoms with Crippen molar-refractivity contribution in [1.82, 2.24) is 5.32 Å². The normalized spacial score (nSPS) is 11.5. The predicted molar refractivity (Wildman–Crippen MR) is 79.0 cm³/mol. The number of rotatable bonds is 6.